The Kier molecular flexibility index (Phi) is 4.04. The zero-order chi connectivity index (χ0) is 17.3. The fourth-order valence-corrected chi connectivity index (χ4v) is 2.51. The highest BCUT2D eigenvalue weighted by molar-refractivity contribution is 6.06. The monoisotopic (exact) mass is 325 g/mol. The van der Waals surface area contributed by atoms with Crippen molar-refractivity contribution in [1.82, 2.24) is 4.98 Å². The van der Waals surface area contributed by atoms with E-state index in [1.165, 1.54) is 19.1 Å². The van der Waals surface area contributed by atoms with Gasteiger partial charge in [-0.15, -0.1) is 0 Å². The van der Waals surface area contributed by atoms with Gasteiger partial charge in [-0.1, -0.05) is 6.07 Å². The van der Waals surface area contributed by atoms with Crippen LogP contribution in [0.25, 0.3) is 10.9 Å². The molecule has 0 radical (unpaired) electrons. The van der Waals surface area contributed by atoms with Crippen LogP contribution in [0.15, 0.2) is 42.5 Å². The van der Waals surface area contributed by atoms with Crippen LogP contribution in [0.3, 0.4) is 0 Å². The summed E-state index contributed by atoms with van der Waals surface area (Å²) in [4.78, 5) is 26.6. The van der Waals surface area contributed by atoms with Crippen molar-refractivity contribution in [2.75, 3.05) is 10.6 Å². The van der Waals surface area contributed by atoms with E-state index in [4.69, 9.17) is 0 Å². The van der Waals surface area contributed by atoms with E-state index in [0.717, 1.165) is 5.56 Å². The molecular formula is C18H16FN3O2. The van der Waals surface area contributed by atoms with Gasteiger partial charge in [-0.25, -0.2) is 4.39 Å². The first-order valence-corrected chi connectivity index (χ1v) is 7.41. The Labute approximate surface area is 137 Å². The Morgan fingerprint density at radius 2 is 1.75 bits per heavy atom. The maximum absolute atomic E-state index is 13.2. The first kappa shape index (κ1) is 15.7. The SMILES string of the molecule is CC(=O)Nc1cccc(NC(=O)c2cc3cc(F)ccc3[nH]2)c1C. The van der Waals surface area contributed by atoms with Crippen LogP contribution in [0, 0.1) is 12.7 Å². The molecule has 0 aliphatic rings. The molecule has 0 fully saturated rings. The molecule has 0 atom stereocenters. The molecule has 3 N–H and O–H groups in total. The Morgan fingerprint density at radius 3 is 2.46 bits per heavy atom. The molecule has 1 heterocycles. The summed E-state index contributed by atoms with van der Waals surface area (Å²) in [7, 11) is 0. The number of hydrogen-bond donors (Lipinski definition) is 3. The van der Waals surface area contributed by atoms with Crippen molar-refractivity contribution in [3.05, 3.63) is 59.5 Å². The second-order valence-electron chi connectivity index (χ2n) is 5.53. The fourth-order valence-electron chi connectivity index (χ4n) is 2.51. The molecule has 0 spiro atoms. The topological polar surface area (TPSA) is 74.0 Å². The average molecular weight is 325 g/mol. The molecule has 3 rings (SSSR count). The number of aromatic nitrogens is 1. The first-order valence-electron chi connectivity index (χ1n) is 7.41. The summed E-state index contributed by atoms with van der Waals surface area (Å²) >= 11 is 0. The number of halogens is 1. The third kappa shape index (κ3) is 3.12. The van der Waals surface area contributed by atoms with Gasteiger partial charge in [0.05, 0.1) is 0 Å². The molecule has 24 heavy (non-hydrogen) atoms. The van der Waals surface area contributed by atoms with Crippen molar-refractivity contribution in [3.63, 3.8) is 0 Å². The predicted molar refractivity (Wildman–Crippen MR) is 91.7 cm³/mol. The fraction of sp³-hybridized carbons (Fsp3) is 0.111. The van der Waals surface area contributed by atoms with Crippen molar-refractivity contribution in [2.24, 2.45) is 0 Å². The number of rotatable bonds is 3. The summed E-state index contributed by atoms with van der Waals surface area (Å²) < 4.78 is 13.2. The summed E-state index contributed by atoms with van der Waals surface area (Å²) in [5.74, 6) is -0.874. The Bertz CT molecular complexity index is 947. The molecule has 0 saturated carbocycles. The molecule has 3 aromatic rings. The number of hydrogen-bond acceptors (Lipinski definition) is 2. The van der Waals surface area contributed by atoms with E-state index < -0.39 is 0 Å². The first-order chi connectivity index (χ1) is 11.4. The van der Waals surface area contributed by atoms with Gasteiger partial charge in [-0.2, -0.15) is 0 Å². The molecular weight excluding hydrogens is 309 g/mol. The summed E-state index contributed by atoms with van der Waals surface area (Å²) in [6.45, 7) is 3.23. The number of nitrogens with one attached hydrogen (secondary N) is 3. The van der Waals surface area contributed by atoms with Gasteiger partial charge in [-0.3, -0.25) is 9.59 Å². The molecule has 2 amide bonds. The van der Waals surface area contributed by atoms with E-state index in [0.29, 0.717) is 28.0 Å². The minimum absolute atomic E-state index is 0.181. The van der Waals surface area contributed by atoms with Gasteiger partial charge >= 0.3 is 0 Å². The second-order valence-corrected chi connectivity index (χ2v) is 5.53. The minimum Gasteiger partial charge on any atom is -0.351 e. The van der Waals surface area contributed by atoms with Crippen LogP contribution in [-0.4, -0.2) is 16.8 Å². The summed E-state index contributed by atoms with van der Waals surface area (Å²) in [6.07, 6.45) is 0. The molecule has 0 unspecified atom stereocenters. The van der Waals surface area contributed by atoms with E-state index in [-0.39, 0.29) is 17.6 Å². The number of fused-ring (bicyclic) bond motifs is 1. The normalized spacial score (nSPS) is 10.6. The molecule has 1 aromatic heterocycles. The number of anilines is 2. The van der Waals surface area contributed by atoms with Crippen molar-refractivity contribution >= 4 is 34.1 Å². The lowest BCUT2D eigenvalue weighted by Gasteiger charge is -2.12. The maximum atomic E-state index is 13.2. The average Bonchev–Trinajstić information content (AvgIpc) is 2.94. The van der Waals surface area contributed by atoms with E-state index in [1.54, 1.807) is 30.3 Å². The lowest BCUT2D eigenvalue weighted by Crippen LogP contribution is -2.14. The number of benzene rings is 2. The molecule has 0 bridgehead atoms. The largest absolute Gasteiger partial charge is 0.351 e. The second kappa shape index (κ2) is 6.16. The maximum Gasteiger partial charge on any atom is 0.272 e. The van der Waals surface area contributed by atoms with Crippen LogP contribution < -0.4 is 10.6 Å². The van der Waals surface area contributed by atoms with Crippen LogP contribution in [0.1, 0.15) is 23.0 Å². The van der Waals surface area contributed by atoms with Gasteiger partial charge in [0.2, 0.25) is 5.91 Å². The van der Waals surface area contributed by atoms with E-state index in [9.17, 15) is 14.0 Å². The standard InChI is InChI=1S/C18H16FN3O2/c1-10-14(20-11(2)23)4-3-5-15(10)22-18(24)17-9-12-8-13(19)6-7-16(12)21-17/h3-9,21H,1-2H3,(H,20,23)(H,22,24). The molecule has 6 heteroatoms. The van der Waals surface area contributed by atoms with Crippen LogP contribution in [-0.2, 0) is 4.79 Å². The highest BCUT2D eigenvalue weighted by atomic mass is 19.1. The highest BCUT2D eigenvalue weighted by Crippen LogP contribution is 2.24. The van der Waals surface area contributed by atoms with Gasteiger partial charge < -0.3 is 15.6 Å². The zero-order valence-corrected chi connectivity index (χ0v) is 13.2. The van der Waals surface area contributed by atoms with Gasteiger partial charge in [0.25, 0.3) is 5.91 Å². The van der Waals surface area contributed by atoms with E-state index >= 15 is 0 Å². The zero-order valence-electron chi connectivity index (χ0n) is 13.2. The predicted octanol–water partition coefficient (Wildman–Crippen LogP) is 3.83. The van der Waals surface area contributed by atoms with E-state index in [1.807, 2.05) is 6.92 Å². The van der Waals surface area contributed by atoms with Crippen LogP contribution in [0.5, 0.6) is 0 Å². The molecule has 0 aliphatic carbocycles. The summed E-state index contributed by atoms with van der Waals surface area (Å²) in [6, 6.07) is 11.1. The molecule has 5 nitrogen and oxygen atoms in total. The number of aromatic amines is 1. The van der Waals surface area contributed by atoms with Gasteiger partial charge in [0.1, 0.15) is 11.5 Å². The van der Waals surface area contributed by atoms with E-state index in [2.05, 4.69) is 15.6 Å². The van der Waals surface area contributed by atoms with Crippen LogP contribution in [0.2, 0.25) is 0 Å². The Hall–Kier alpha value is -3.15. The van der Waals surface area contributed by atoms with Crippen molar-refractivity contribution < 1.29 is 14.0 Å². The smallest absolute Gasteiger partial charge is 0.272 e. The third-order valence-corrected chi connectivity index (χ3v) is 3.72. The van der Waals surface area contributed by atoms with Crippen molar-refractivity contribution in [3.8, 4) is 0 Å². The number of amides is 2. The summed E-state index contributed by atoms with van der Waals surface area (Å²) in [5.41, 5.74) is 3.00. The van der Waals surface area contributed by atoms with Gasteiger partial charge in [-0.05, 0) is 48.9 Å². The van der Waals surface area contributed by atoms with Crippen molar-refractivity contribution in [2.45, 2.75) is 13.8 Å². The van der Waals surface area contributed by atoms with Crippen LogP contribution >= 0.6 is 0 Å². The van der Waals surface area contributed by atoms with Gasteiger partial charge in [0, 0.05) is 29.2 Å². The molecule has 0 aliphatic heterocycles. The molecule has 0 saturated heterocycles. The minimum atomic E-state index is -0.354. The molecule has 122 valence electrons. The number of H-pyrrole nitrogens is 1. The third-order valence-electron chi connectivity index (χ3n) is 3.72. The van der Waals surface area contributed by atoms with Crippen molar-refractivity contribution in [1.29, 1.82) is 0 Å². The number of carbonyl (C=O) groups is 2. The van der Waals surface area contributed by atoms with Crippen LogP contribution in [0.4, 0.5) is 15.8 Å². The summed E-state index contributed by atoms with van der Waals surface area (Å²) in [5, 5.41) is 6.14. The van der Waals surface area contributed by atoms with Gasteiger partial charge in [0.15, 0.2) is 0 Å². The molecule has 2 aromatic carbocycles. The lowest BCUT2D eigenvalue weighted by molar-refractivity contribution is -0.114. The lowest BCUT2D eigenvalue weighted by atomic mass is 10.1. The Balaban J connectivity index is 1.87. The number of carbonyl (C=O) groups excluding carboxylic acids is 2. The quantitative estimate of drug-likeness (QED) is 0.685. The Morgan fingerprint density at radius 1 is 1.04 bits per heavy atom. The highest BCUT2D eigenvalue weighted by Gasteiger charge is 2.13.